The fourth-order valence-corrected chi connectivity index (χ4v) is 3.83. The van der Waals surface area contributed by atoms with E-state index in [4.69, 9.17) is 4.74 Å². The number of aromatic nitrogens is 2. The van der Waals surface area contributed by atoms with E-state index in [0.29, 0.717) is 16.8 Å². The van der Waals surface area contributed by atoms with Crippen LogP contribution < -0.4 is 10.1 Å². The number of nitrogens with zero attached hydrogens (tertiary/aromatic N) is 2. The van der Waals surface area contributed by atoms with Crippen molar-refractivity contribution >= 4 is 38.2 Å². The molecule has 4 rings (SSSR count). The monoisotopic (exact) mass is 449 g/mol. The number of hydrogen-bond donors (Lipinski definition) is 2. The molecule has 0 atom stereocenters. The fraction of sp³-hybridized carbons (Fsp3) is 0.0870. The van der Waals surface area contributed by atoms with Crippen LogP contribution in [0.2, 0.25) is 0 Å². The minimum Gasteiger partial charge on any atom is -0.478 e. The number of sulfone groups is 1. The second kappa shape index (κ2) is 8.27. The minimum absolute atomic E-state index is 0.190. The lowest BCUT2D eigenvalue weighted by molar-refractivity contribution is 0.0699. The first-order valence-corrected chi connectivity index (χ1v) is 11.4. The number of ether oxygens (including phenoxy) is 1. The number of aromatic carboxylic acids is 1. The van der Waals surface area contributed by atoms with E-state index >= 15 is 0 Å². The molecule has 0 aliphatic heterocycles. The van der Waals surface area contributed by atoms with Gasteiger partial charge in [0.05, 0.1) is 10.5 Å². The normalized spacial score (nSPS) is 11.3. The molecule has 4 aromatic rings. The number of aryl methyl sites for hydroxylation is 1. The van der Waals surface area contributed by atoms with Crippen LogP contribution in [-0.2, 0) is 9.84 Å². The van der Waals surface area contributed by atoms with Gasteiger partial charge in [0, 0.05) is 24.2 Å². The van der Waals surface area contributed by atoms with Crippen molar-refractivity contribution in [1.29, 1.82) is 0 Å². The van der Waals surface area contributed by atoms with Crippen molar-refractivity contribution in [3.63, 3.8) is 0 Å². The number of nitrogens with one attached hydrogen (secondary N) is 1. The second-order valence-corrected chi connectivity index (χ2v) is 9.20. The quantitative estimate of drug-likeness (QED) is 0.439. The molecule has 0 saturated heterocycles. The number of hydrogen-bond acceptors (Lipinski definition) is 7. The van der Waals surface area contributed by atoms with Gasteiger partial charge in [-0.05, 0) is 59.7 Å². The van der Waals surface area contributed by atoms with E-state index in [1.54, 1.807) is 54.6 Å². The van der Waals surface area contributed by atoms with Crippen molar-refractivity contribution in [2.45, 2.75) is 11.8 Å². The Bertz CT molecular complexity index is 1450. The third-order valence-electron chi connectivity index (χ3n) is 4.82. The minimum atomic E-state index is -3.35. The molecule has 0 unspecified atom stereocenters. The summed E-state index contributed by atoms with van der Waals surface area (Å²) >= 11 is 0. The summed E-state index contributed by atoms with van der Waals surface area (Å²) in [4.78, 5) is 20.1. The Hall–Kier alpha value is -3.98. The van der Waals surface area contributed by atoms with Gasteiger partial charge in [0.25, 0.3) is 0 Å². The van der Waals surface area contributed by atoms with E-state index in [9.17, 15) is 18.3 Å². The summed E-state index contributed by atoms with van der Waals surface area (Å²) in [6.07, 6.45) is 2.67. The molecule has 0 fully saturated rings. The lowest BCUT2D eigenvalue weighted by atomic mass is 10.0. The van der Waals surface area contributed by atoms with E-state index in [1.165, 1.54) is 12.3 Å². The van der Waals surface area contributed by atoms with Crippen LogP contribution in [0.1, 0.15) is 15.9 Å². The van der Waals surface area contributed by atoms with Crippen LogP contribution in [0.4, 0.5) is 11.6 Å². The van der Waals surface area contributed by atoms with E-state index in [2.05, 4.69) is 15.3 Å². The lowest BCUT2D eigenvalue weighted by Crippen LogP contribution is -2.02. The summed E-state index contributed by atoms with van der Waals surface area (Å²) in [5.74, 6) is 0.00401. The van der Waals surface area contributed by atoms with Crippen LogP contribution in [-0.4, -0.2) is 35.7 Å². The van der Waals surface area contributed by atoms with E-state index < -0.39 is 15.8 Å². The Labute approximate surface area is 184 Å². The third kappa shape index (κ3) is 4.52. The maximum Gasteiger partial charge on any atom is 0.336 e. The predicted octanol–water partition coefficient (Wildman–Crippen LogP) is 4.58. The molecule has 1 aromatic heterocycles. The summed E-state index contributed by atoms with van der Waals surface area (Å²) in [7, 11) is -3.35. The van der Waals surface area contributed by atoms with Gasteiger partial charge in [-0.25, -0.2) is 18.2 Å². The molecule has 32 heavy (non-hydrogen) atoms. The van der Waals surface area contributed by atoms with Gasteiger partial charge in [-0.15, -0.1) is 0 Å². The number of carboxylic acids is 1. The lowest BCUT2D eigenvalue weighted by Gasteiger charge is -2.11. The second-order valence-electron chi connectivity index (χ2n) is 7.19. The van der Waals surface area contributed by atoms with Crippen LogP contribution in [0.25, 0.3) is 10.8 Å². The number of carboxylic acid groups (broad SMARTS) is 1. The van der Waals surface area contributed by atoms with Crippen molar-refractivity contribution < 1.29 is 23.1 Å². The van der Waals surface area contributed by atoms with Gasteiger partial charge in [-0.3, -0.25) is 0 Å². The summed E-state index contributed by atoms with van der Waals surface area (Å²) in [5.41, 5.74) is 1.61. The van der Waals surface area contributed by atoms with Crippen LogP contribution in [0.5, 0.6) is 11.6 Å². The first-order chi connectivity index (χ1) is 15.2. The summed E-state index contributed by atoms with van der Waals surface area (Å²) in [6.45, 7) is 1.84. The fourth-order valence-electron chi connectivity index (χ4n) is 3.18. The molecule has 0 aliphatic rings. The average molecular weight is 449 g/mol. The summed E-state index contributed by atoms with van der Waals surface area (Å²) < 4.78 is 29.5. The van der Waals surface area contributed by atoms with Gasteiger partial charge < -0.3 is 15.2 Å². The number of carbonyl (C=O) groups is 1. The Kier molecular flexibility index (Phi) is 5.50. The summed E-state index contributed by atoms with van der Waals surface area (Å²) in [5, 5.41) is 13.7. The van der Waals surface area contributed by atoms with E-state index in [0.717, 1.165) is 17.2 Å². The molecule has 0 aliphatic carbocycles. The molecular weight excluding hydrogens is 430 g/mol. The van der Waals surface area contributed by atoms with Gasteiger partial charge in [-0.1, -0.05) is 18.2 Å². The SMILES string of the molecule is Cc1ccc(S(C)(=O)=O)cc1Nc1nccc(Oc2ccc3c(C(=O)O)cccc3c2)n1. The highest BCUT2D eigenvalue weighted by molar-refractivity contribution is 7.90. The Morgan fingerprint density at radius 3 is 2.62 bits per heavy atom. The van der Waals surface area contributed by atoms with Gasteiger partial charge >= 0.3 is 5.97 Å². The third-order valence-corrected chi connectivity index (χ3v) is 5.93. The molecule has 2 N–H and O–H groups in total. The molecule has 162 valence electrons. The molecule has 8 nitrogen and oxygen atoms in total. The molecule has 0 bridgehead atoms. The van der Waals surface area contributed by atoms with Crippen molar-refractivity contribution in [3.05, 3.63) is 78.0 Å². The number of benzene rings is 3. The molecular formula is C23H19N3O5S. The Morgan fingerprint density at radius 1 is 1.06 bits per heavy atom. The standard InChI is InChI=1S/C23H19N3O5S/c1-14-6-8-17(32(2,29)30)13-20(14)25-23-24-11-10-21(26-23)31-16-7-9-18-15(12-16)4-3-5-19(18)22(27)28/h3-13H,1-2H3,(H,27,28)(H,24,25,26). The Morgan fingerprint density at radius 2 is 1.88 bits per heavy atom. The van der Waals surface area contributed by atoms with Crippen molar-refractivity contribution in [2.24, 2.45) is 0 Å². The molecule has 0 spiro atoms. The Balaban J connectivity index is 1.60. The smallest absolute Gasteiger partial charge is 0.336 e. The van der Waals surface area contributed by atoms with Crippen molar-refractivity contribution in [3.8, 4) is 11.6 Å². The first-order valence-electron chi connectivity index (χ1n) is 9.55. The number of fused-ring (bicyclic) bond motifs is 1. The molecule has 0 saturated carbocycles. The first kappa shape index (κ1) is 21.3. The van der Waals surface area contributed by atoms with Gasteiger partial charge in [0.15, 0.2) is 9.84 Å². The topological polar surface area (TPSA) is 118 Å². The zero-order valence-electron chi connectivity index (χ0n) is 17.2. The van der Waals surface area contributed by atoms with Crippen LogP contribution in [0.15, 0.2) is 71.8 Å². The summed E-state index contributed by atoms with van der Waals surface area (Å²) in [6, 6.07) is 16.5. The zero-order valence-corrected chi connectivity index (χ0v) is 18.1. The molecule has 0 amide bonds. The van der Waals surface area contributed by atoms with Crippen LogP contribution in [0, 0.1) is 6.92 Å². The molecule has 0 radical (unpaired) electrons. The van der Waals surface area contributed by atoms with Gasteiger partial charge in [-0.2, -0.15) is 4.98 Å². The van der Waals surface area contributed by atoms with Crippen molar-refractivity contribution in [1.82, 2.24) is 9.97 Å². The van der Waals surface area contributed by atoms with Crippen LogP contribution >= 0.6 is 0 Å². The predicted molar refractivity (Wildman–Crippen MR) is 121 cm³/mol. The van der Waals surface area contributed by atoms with E-state index in [-0.39, 0.29) is 22.3 Å². The maximum atomic E-state index is 11.8. The highest BCUT2D eigenvalue weighted by atomic mass is 32.2. The highest BCUT2D eigenvalue weighted by Gasteiger charge is 2.12. The van der Waals surface area contributed by atoms with Crippen LogP contribution in [0.3, 0.4) is 0 Å². The average Bonchev–Trinajstić information content (AvgIpc) is 2.74. The largest absolute Gasteiger partial charge is 0.478 e. The number of rotatable bonds is 6. The van der Waals surface area contributed by atoms with E-state index in [1.807, 2.05) is 6.92 Å². The van der Waals surface area contributed by atoms with Gasteiger partial charge in [0.2, 0.25) is 11.8 Å². The molecule has 9 heteroatoms. The maximum absolute atomic E-state index is 11.8. The van der Waals surface area contributed by atoms with Crippen molar-refractivity contribution in [2.75, 3.05) is 11.6 Å². The number of anilines is 2. The highest BCUT2D eigenvalue weighted by Crippen LogP contribution is 2.28. The molecule has 3 aromatic carbocycles. The van der Waals surface area contributed by atoms with Gasteiger partial charge in [0.1, 0.15) is 5.75 Å². The molecule has 1 heterocycles. The zero-order chi connectivity index (χ0) is 22.9.